The molecule has 1 N–H and O–H groups in total. The van der Waals surface area contributed by atoms with E-state index in [4.69, 9.17) is 4.52 Å². The highest BCUT2D eigenvalue weighted by atomic mass is 32.2. The molecule has 3 unspecified atom stereocenters. The number of carbonyl (C=O) groups is 2. The number of hydrogen-bond acceptors (Lipinski definition) is 6. The van der Waals surface area contributed by atoms with Gasteiger partial charge >= 0.3 is 6.03 Å². The number of nitrogens with zero attached hydrogens (tertiary/aromatic N) is 3. The Hall–Kier alpha value is -3.13. The highest BCUT2D eigenvalue weighted by molar-refractivity contribution is 7.98. The number of imide groups is 1. The fraction of sp³-hybridized carbons (Fsp3) is 0.333. The van der Waals surface area contributed by atoms with Crippen molar-refractivity contribution in [2.45, 2.75) is 42.7 Å². The van der Waals surface area contributed by atoms with Gasteiger partial charge in [-0.15, -0.1) is 11.8 Å². The van der Waals surface area contributed by atoms with Crippen LogP contribution in [0, 0.1) is 5.92 Å². The number of rotatable bonds is 5. The van der Waals surface area contributed by atoms with Gasteiger partial charge in [0, 0.05) is 22.4 Å². The van der Waals surface area contributed by atoms with Gasteiger partial charge in [0.1, 0.15) is 0 Å². The molecular formula is C24H24N4O3S. The number of fused-ring (bicyclic) bond motifs is 1. The molecule has 1 aliphatic heterocycles. The molecule has 1 saturated heterocycles. The lowest BCUT2D eigenvalue weighted by Crippen LogP contribution is -2.60. The summed E-state index contributed by atoms with van der Waals surface area (Å²) < 4.78 is 5.57. The highest BCUT2D eigenvalue weighted by Gasteiger charge is 2.45. The van der Waals surface area contributed by atoms with Gasteiger partial charge in [-0.2, -0.15) is 4.98 Å². The van der Waals surface area contributed by atoms with Gasteiger partial charge < -0.3 is 9.84 Å². The van der Waals surface area contributed by atoms with Gasteiger partial charge in [-0.1, -0.05) is 35.5 Å². The number of carbonyl (C=O) groups excluding carboxylic acids is 2. The molecule has 164 valence electrons. The van der Waals surface area contributed by atoms with Crippen LogP contribution in [0.5, 0.6) is 0 Å². The summed E-state index contributed by atoms with van der Waals surface area (Å²) >= 11 is 1.68. The molecule has 0 bridgehead atoms. The first kappa shape index (κ1) is 20.8. The third-order valence-electron chi connectivity index (χ3n) is 6.31. The number of urea groups is 1. The molecule has 1 aromatic heterocycles. The number of benzene rings is 2. The molecule has 32 heavy (non-hydrogen) atoms. The van der Waals surface area contributed by atoms with Gasteiger partial charge in [-0.25, -0.2) is 4.79 Å². The van der Waals surface area contributed by atoms with E-state index in [0.29, 0.717) is 31.1 Å². The zero-order valence-electron chi connectivity index (χ0n) is 17.7. The highest BCUT2D eigenvalue weighted by Crippen LogP contribution is 2.38. The standard InChI is InChI=1S/C24H24N4O3S/c1-32-18-10-7-16(8-11-18)21-26-22(31-27-21)17-9-12-19-20(13-17)25-24(30)28(23(19)29)14-15-5-3-2-4-6-15/h2-8,10-11,17,19-20H,9,12-14H2,1H3,(H,25,30). The third-order valence-corrected chi connectivity index (χ3v) is 7.05. The summed E-state index contributed by atoms with van der Waals surface area (Å²) in [5.41, 5.74) is 1.84. The van der Waals surface area contributed by atoms with Gasteiger partial charge in [0.25, 0.3) is 0 Å². The van der Waals surface area contributed by atoms with Gasteiger partial charge in [0.05, 0.1) is 12.5 Å². The van der Waals surface area contributed by atoms with Crippen molar-refractivity contribution in [3.8, 4) is 11.4 Å². The van der Waals surface area contributed by atoms with Crippen LogP contribution in [0.15, 0.2) is 64.0 Å². The van der Waals surface area contributed by atoms with E-state index < -0.39 is 0 Å². The molecule has 3 amide bonds. The number of amides is 3. The zero-order chi connectivity index (χ0) is 22.1. The monoisotopic (exact) mass is 448 g/mol. The minimum Gasteiger partial charge on any atom is -0.339 e. The zero-order valence-corrected chi connectivity index (χ0v) is 18.5. The summed E-state index contributed by atoms with van der Waals surface area (Å²) in [4.78, 5) is 32.9. The lowest BCUT2D eigenvalue weighted by molar-refractivity contribution is -0.137. The van der Waals surface area contributed by atoms with Gasteiger partial charge in [-0.3, -0.25) is 9.69 Å². The first-order chi connectivity index (χ1) is 15.6. The Kier molecular flexibility index (Phi) is 5.70. The lowest BCUT2D eigenvalue weighted by atomic mass is 9.76. The van der Waals surface area contributed by atoms with E-state index in [2.05, 4.69) is 15.5 Å². The Labute approximate surface area is 190 Å². The van der Waals surface area contributed by atoms with Crippen molar-refractivity contribution in [1.82, 2.24) is 20.4 Å². The number of aromatic nitrogens is 2. The van der Waals surface area contributed by atoms with Crippen molar-refractivity contribution in [1.29, 1.82) is 0 Å². The van der Waals surface area contributed by atoms with Crippen molar-refractivity contribution < 1.29 is 14.1 Å². The smallest absolute Gasteiger partial charge is 0.324 e. The number of nitrogens with one attached hydrogen (secondary N) is 1. The topological polar surface area (TPSA) is 88.3 Å². The molecule has 3 aromatic rings. The van der Waals surface area contributed by atoms with Crippen LogP contribution in [-0.4, -0.2) is 39.3 Å². The normalized spacial score (nSPS) is 23.0. The molecule has 1 aliphatic carbocycles. The second-order valence-corrected chi connectivity index (χ2v) is 9.15. The van der Waals surface area contributed by atoms with Crippen molar-refractivity contribution in [2.24, 2.45) is 5.92 Å². The molecule has 2 fully saturated rings. The van der Waals surface area contributed by atoms with E-state index >= 15 is 0 Å². The van der Waals surface area contributed by atoms with Crippen LogP contribution in [0.2, 0.25) is 0 Å². The van der Waals surface area contributed by atoms with E-state index in [9.17, 15) is 9.59 Å². The largest absolute Gasteiger partial charge is 0.339 e. The van der Waals surface area contributed by atoms with Gasteiger partial charge in [-0.05, 0) is 55.3 Å². The van der Waals surface area contributed by atoms with E-state index in [1.807, 2.05) is 60.9 Å². The molecular weight excluding hydrogens is 424 g/mol. The average Bonchev–Trinajstić information content (AvgIpc) is 3.32. The van der Waals surface area contributed by atoms with E-state index in [1.165, 1.54) is 9.80 Å². The Morgan fingerprint density at radius 2 is 1.88 bits per heavy atom. The molecule has 0 spiro atoms. The van der Waals surface area contributed by atoms with Crippen LogP contribution in [0.3, 0.4) is 0 Å². The lowest BCUT2D eigenvalue weighted by Gasteiger charge is -2.41. The van der Waals surface area contributed by atoms with Crippen LogP contribution < -0.4 is 5.32 Å². The minimum absolute atomic E-state index is 0.0248. The Morgan fingerprint density at radius 3 is 2.62 bits per heavy atom. The Morgan fingerprint density at radius 1 is 1.09 bits per heavy atom. The fourth-order valence-corrected chi connectivity index (χ4v) is 4.97. The molecule has 2 aromatic carbocycles. The van der Waals surface area contributed by atoms with Crippen LogP contribution in [0.1, 0.15) is 36.6 Å². The molecule has 1 saturated carbocycles. The maximum absolute atomic E-state index is 13.1. The molecule has 5 rings (SSSR count). The number of thioether (sulfide) groups is 1. The summed E-state index contributed by atoms with van der Waals surface area (Å²) in [7, 11) is 0. The summed E-state index contributed by atoms with van der Waals surface area (Å²) in [5, 5.41) is 7.20. The van der Waals surface area contributed by atoms with Crippen LogP contribution in [0.25, 0.3) is 11.4 Å². The van der Waals surface area contributed by atoms with E-state index in [-0.39, 0.29) is 29.8 Å². The van der Waals surface area contributed by atoms with E-state index in [0.717, 1.165) is 17.5 Å². The van der Waals surface area contributed by atoms with Crippen molar-refractivity contribution in [3.05, 3.63) is 66.1 Å². The van der Waals surface area contributed by atoms with Gasteiger partial charge in [0.15, 0.2) is 0 Å². The van der Waals surface area contributed by atoms with Crippen molar-refractivity contribution in [2.75, 3.05) is 6.26 Å². The Balaban J connectivity index is 1.27. The molecule has 7 nitrogen and oxygen atoms in total. The first-order valence-corrected chi connectivity index (χ1v) is 12.0. The van der Waals surface area contributed by atoms with Crippen molar-refractivity contribution >= 4 is 23.7 Å². The average molecular weight is 449 g/mol. The molecule has 2 aliphatic rings. The summed E-state index contributed by atoms with van der Waals surface area (Å²) in [6.07, 6.45) is 4.11. The van der Waals surface area contributed by atoms with Crippen LogP contribution >= 0.6 is 11.8 Å². The fourth-order valence-electron chi connectivity index (χ4n) is 4.56. The second-order valence-electron chi connectivity index (χ2n) is 8.27. The quantitative estimate of drug-likeness (QED) is 0.580. The summed E-state index contributed by atoms with van der Waals surface area (Å²) in [6.45, 7) is 0.292. The maximum atomic E-state index is 13.1. The molecule has 3 atom stereocenters. The third kappa shape index (κ3) is 4.02. The summed E-state index contributed by atoms with van der Waals surface area (Å²) in [6, 6.07) is 17.1. The first-order valence-electron chi connectivity index (χ1n) is 10.8. The molecule has 8 heteroatoms. The molecule has 2 heterocycles. The minimum atomic E-state index is -0.333. The predicted octanol–water partition coefficient (Wildman–Crippen LogP) is 4.46. The predicted molar refractivity (Wildman–Crippen MR) is 121 cm³/mol. The summed E-state index contributed by atoms with van der Waals surface area (Å²) in [5.74, 6) is 0.848. The van der Waals surface area contributed by atoms with Gasteiger partial charge in [0.2, 0.25) is 17.6 Å². The van der Waals surface area contributed by atoms with Crippen LogP contribution in [-0.2, 0) is 11.3 Å². The van der Waals surface area contributed by atoms with Crippen LogP contribution in [0.4, 0.5) is 4.79 Å². The maximum Gasteiger partial charge on any atom is 0.324 e. The number of hydrogen-bond donors (Lipinski definition) is 1. The second kappa shape index (κ2) is 8.78. The SMILES string of the molecule is CSc1ccc(-c2noc(C3CCC4C(=O)N(Cc5ccccc5)C(=O)NC4C3)n2)cc1. The molecule has 0 radical (unpaired) electrons. The van der Waals surface area contributed by atoms with E-state index in [1.54, 1.807) is 11.8 Å². The Bertz CT molecular complexity index is 1120. The van der Waals surface area contributed by atoms with Crippen molar-refractivity contribution in [3.63, 3.8) is 0 Å².